The van der Waals surface area contributed by atoms with Crippen LogP contribution in [0, 0.1) is 5.92 Å². The van der Waals surface area contributed by atoms with E-state index in [0.717, 1.165) is 18.5 Å². The van der Waals surface area contributed by atoms with Gasteiger partial charge in [-0.25, -0.2) is 4.98 Å². The van der Waals surface area contributed by atoms with E-state index in [1.807, 2.05) is 6.07 Å². The minimum Gasteiger partial charge on any atom is -0.383 e. The summed E-state index contributed by atoms with van der Waals surface area (Å²) in [5.41, 5.74) is 0.917. The van der Waals surface area contributed by atoms with Gasteiger partial charge in [0.05, 0.1) is 0 Å². The van der Waals surface area contributed by atoms with Gasteiger partial charge in [0, 0.05) is 30.9 Å². The maximum atomic E-state index is 11.3. The molecule has 0 spiro atoms. The summed E-state index contributed by atoms with van der Waals surface area (Å²) in [5.74, 6) is 0.449. The first-order chi connectivity index (χ1) is 7.75. The second-order valence-corrected chi connectivity index (χ2v) is 4.25. The van der Waals surface area contributed by atoms with Crippen LogP contribution >= 0.6 is 11.6 Å². The lowest BCUT2D eigenvalue weighted by Gasteiger charge is -2.07. The third kappa shape index (κ3) is 3.38. The zero-order valence-corrected chi connectivity index (χ0v) is 9.63. The molecular weight excluding hydrogens is 226 g/mol. The van der Waals surface area contributed by atoms with Gasteiger partial charge in [-0.05, 0) is 25.0 Å². The number of nitrogens with zero attached hydrogens (tertiary/aromatic N) is 1. The first kappa shape index (κ1) is 11.2. The fourth-order valence-corrected chi connectivity index (χ4v) is 1.57. The molecule has 1 amide bonds. The molecule has 0 radical (unpaired) electrons. The van der Waals surface area contributed by atoms with Gasteiger partial charge in [0.1, 0.15) is 5.15 Å². The molecule has 1 fully saturated rings. The van der Waals surface area contributed by atoms with Gasteiger partial charge in [0.2, 0.25) is 5.91 Å². The van der Waals surface area contributed by atoms with Crippen LogP contribution in [0.15, 0.2) is 18.3 Å². The summed E-state index contributed by atoms with van der Waals surface area (Å²) in [5, 5.41) is 6.51. The van der Waals surface area contributed by atoms with E-state index >= 15 is 0 Å². The second-order valence-electron chi connectivity index (χ2n) is 3.86. The molecule has 0 unspecified atom stereocenters. The fourth-order valence-electron chi connectivity index (χ4n) is 1.39. The van der Waals surface area contributed by atoms with Gasteiger partial charge < -0.3 is 10.6 Å². The van der Waals surface area contributed by atoms with Crippen LogP contribution in [0.4, 0.5) is 5.69 Å². The molecule has 0 saturated heterocycles. The molecule has 1 saturated carbocycles. The maximum Gasteiger partial charge on any atom is 0.223 e. The van der Waals surface area contributed by atoms with Gasteiger partial charge in [-0.15, -0.1) is 0 Å². The molecule has 1 aliphatic carbocycles. The van der Waals surface area contributed by atoms with Crippen LogP contribution in [0.5, 0.6) is 0 Å². The molecule has 1 aliphatic rings. The van der Waals surface area contributed by atoms with Crippen molar-refractivity contribution >= 4 is 23.2 Å². The Hall–Kier alpha value is -1.29. The largest absolute Gasteiger partial charge is 0.383 e. The Kier molecular flexibility index (Phi) is 3.62. The summed E-state index contributed by atoms with van der Waals surface area (Å²) >= 11 is 5.74. The topological polar surface area (TPSA) is 54.0 Å². The molecule has 1 heterocycles. The van der Waals surface area contributed by atoms with Crippen molar-refractivity contribution in [2.24, 2.45) is 5.92 Å². The van der Waals surface area contributed by atoms with Crippen molar-refractivity contribution in [1.29, 1.82) is 0 Å². The van der Waals surface area contributed by atoms with Crippen molar-refractivity contribution in [2.45, 2.75) is 12.8 Å². The third-order valence-electron chi connectivity index (χ3n) is 2.43. The average molecular weight is 240 g/mol. The standard InChI is InChI=1S/C11H14ClN3O/c12-10-7-9(3-4-14-10)13-5-6-15-11(16)8-1-2-8/h3-4,7-8H,1-2,5-6H2,(H,13,14)(H,15,16). The molecule has 4 nitrogen and oxygen atoms in total. The zero-order chi connectivity index (χ0) is 11.4. The molecule has 0 aromatic carbocycles. The monoisotopic (exact) mass is 239 g/mol. The molecule has 0 bridgehead atoms. The number of carbonyl (C=O) groups excluding carboxylic acids is 1. The molecule has 16 heavy (non-hydrogen) atoms. The fraction of sp³-hybridized carbons (Fsp3) is 0.455. The van der Waals surface area contributed by atoms with Crippen LogP contribution in [0.3, 0.4) is 0 Å². The van der Waals surface area contributed by atoms with Crippen molar-refractivity contribution in [1.82, 2.24) is 10.3 Å². The average Bonchev–Trinajstić information content (AvgIpc) is 3.08. The number of nitrogens with one attached hydrogen (secondary N) is 2. The van der Waals surface area contributed by atoms with E-state index in [-0.39, 0.29) is 11.8 Å². The number of halogens is 1. The molecule has 1 aromatic rings. The quantitative estimate of drug-likeness (QED) is 0.607. The van der Waals surface area contributed by atoms with Crippen LogP contribution in [-0.2, 0) is 4.79 Å². The number of carbonyl (C=O) groups is 1. The van der Waals surface area contributed by atoms with E-state index in [1.54, 1.807) is 12.3 Å². The van der Waals surface area contributed by atoms with Gasteiger partial charge in [0.15, 0.2) is 0 Å². The molecule has 86 valence electrons. The van der Waals surface area contributed by atoms with Crippen molar-refractivity contribution in [3.05, 3.63) is 23.5 Å². The highest BCUT2D eigenvalue weighted by molar-refractivity contribution is 6.29. The molecule has 0 aliphatic heterocycles. The highest BCUT2D eigenvalue weighted by Crippen LogP contribution is 2.28. The maximum absolute atomic E-state index is 11.3. The summed E-state index contributed by atoms with van der Waals surface area (Å²) < 4.78 is 0. The van der Waals surface area contributed by atoms with Gasteiger partial charge in [-0.2, -0.15) is 0 Å². The predicted molar refractivity (Wildman–Crippen MR) is 63.5 cm³/mol. The number of hydrogen-bond donors (Lipinski definition) is 2. The van der Waals surface area contributed by atoms with E-state index in [4.69, 9.17) is 11.6 Å². The molecule has 2 rings (SSSR count). The van der Waals surface area contributed by atoms with E-state index in [2.05, 4.69) is 15.6 Å². The summed E-state index contributed by atoms with van der Waals surface area (Å²) in [7, 11) is 0. The number of anilines is 1. The Bertz CT molecular complexity index is 379. The number of amides is 1. The summed E-state index contributed by atoms with van der Waals surface area (Å²) in [6, 6.07) is 3.60. The predicted octanol–water partition coefficient (Wildman–Crippen LogP) is 1.67. The first-order valence-electron chi connectivity index (χ1n) is 5.39. The summed E-state index contributed by atoms with van der Waals surface area (Å²) in [6.07, 6.45) is 3.73. The number of pyridine rings is 1. The highest BCUT2D eigenvalue weighted by atomic mass is 35.5. The highest BCUT2D eigenvalue weighted by Gasteiger charge is 2.28. The van der Waals surface area contributed by atoms with Crippen molar-refractivity contribution in [2.75, 3.05) is 18.4 Å². The van der Waals surface area contributed by atoms with Crippen LogP contribution in [0.25, 0.3) is 0 Å². The Morgan fingerprint density at radius 1 is 1.50 bits per heavy atom. The summed E-state index contributed by atoms with van der Waals surface area (Å²) in [4.78, 5) is 15.2. The SMILES string of the molecule is O=C(NCCNc1ccnc(Cl)c1)C1CC1. The first-order valence-corrected chi connectivity index (χ1v) is 5.76. The Balaban J connectivity index is 1.65. The van der Waals surface area contributed by atoms with E-state index in [0.29, 0.717) is 18.2 Å². The number of rotatable bonds is 5. The molecule has 1 aromatic heterocycles. The molecule has 2 N–H and O–H groups in total. The van der Waals surface area contributed by atoms with Crippen LogP contribution < -0.4 is 10.6 Å². The smallest absolute Gasteiger partial charge is 0.223 e. The Morgan fingerprint density at radius 2 is 2.31 bits per heavy atom. The minimum atomic E-state index is 0.176. The van der Waals surface area contributed by atoms with Gasteiger partial charge in [0.25, 0.3) is 0 Å². The van der Waals surface area contributed by atoms with Gasteiger partial charge >= 0.3 is 0 Å². The summed E-state index contributed by atoms with van der Waals surface area (Å²) in [6.45, 7) is 1.33. The lowest BCUT2D eigenvalue weighted by atomic mass is 10.4. The third-order valence-corrected chi connectivity index (χ3v) is 2.63. The van der Waals surface area contributed by atoms with Crippen molar-refractivity contribution in [3.8, 4) is 0 Å². The van der Waals surface area contributed by atoms with E-state index in [1.165, 1.54) is 0 Å². The van der Waals surface area contributed by atoms with Gasteiger partial charge in [-0.3, -0.25) is 4.79 Å². The Morgan fingerprint density at radius 3 is 3.00 bits per heavy atom. The number of aromatic nitrogens is 1. The molecule has 5 heteroatoms. The van der Waals surface area contributed by atoms with Crippen LogP contribution in [0.1, 0.15) is 12.8 Å². The number of hydrogen-bond acceptors (Lipinski definition) is 3. The van der Waals surface area contributed by atoms with Crippen LogP contribution in [-0.4, -0.2) is 24.0 Å². The van der Waals surface area contributed by atoms with Crippen molar-refractivity contribution < 1.29 is 4.79 Å². The Labute approximate surface area is 99.4 Å². The lowest BCUT2D eigenvalue weighted by Crippen LogP contribution is -2.29. The van der Waals surface area contributed by atoms with Gasteiger partial charge in [-0.1, -0.05) is 11.6 Å². The lowest BCUT2D eigenvalue weighted by molar-refractivity contribution is -0.122. The zero-order valence-electron chi connectivity index (χ0n) is 8.87. The second kappa shape index (κ2) is 5.16. The van der Waals surface area contributed by atoms with E-state index < -0.39 is 0 Å². The normalized spacial score (nSPS) is 14.6. The molecular formula is C11H14ClN3O. The minimum absolute atomic E-state index is 0.176. The van der Waals surface area contributed by atoms with Crippen LogP contribution in [0.2, 0.25) is 5.15 Å². The van der Waals surface area contributed by atoms with Crippen molar-refractivity contribution in [3.63, 3.8) is 0 Å². The molecule has 0 atom stereocenters. The van der Waals surface area contributed by atoms with E-state index in [9.17, 15) is 4.79 Å².